The fourth-order valence-electron chi connectivity index (χ4n) is 6.96. The molecule has 0 bridgehead atoms. The zero-order valence-corrected chi connectivity index (χ0v) is 19.6. The summed E-state index contributed by atoms with van der Waals surface area (Å²) in [5, 5.41) is 0. The molecule has 0 aromatic heterocycles. The van der Waals surface area contributed by atoms with Crippen molar-refractivity contribution in [2.75, 3.05) is 21.0 Å². The molecule has 2 aromatic carbocycles. The minimum atomic E-state index is 0.278. The third-order valence-electron chi connectivity index (χ3n) is 8.55. The zero-order valence-electron chi connectivity index (χ0n) is 19.6. The predicted molar refractivity (Wildman–Crippen MR) is 125 cm³/mol. The molecular formula is C28H36O4. The molecule has 0 N–H and O–H groups in total. The quantitative estimate of drug-likeness (QED) is 0.490. The molecule has 0 spiro atoms. The van der Waals surface area contributed by atoms with E-state index >= 15 is 0 Å². The second-order valence-corrected chi connectivity index (χ2v) is 10.1. The molecule has 172 valence electrons. The van der Waals surface area contributed by atoms with Crippen LogP contribution in [0.2, 0.25) is 0 Å². The van der Waals surface area contributed by atoms with Gasteiger partial charge in [0.2, 0.25) is 0 Å². The largest absolute Gasteiger partial charge is 0.493 e. The molecular weight excluding hydrogens is 400 g/mol. The van der Waals surface area contributed by atoms with Crippen LogP contribution in [0.3, 0.4) is 0 Å². The average molecular weight is 437 g/mol. The Balaban J connectivity index is 1.37. The highest BCUT2D eigenvalue weighted by atomic mass is 16.7. The first kappa shape index (κ1) is 21.8. The number of aryl methyl sites for hydroxylation is 1. The van der Waals surface area contributed by atoms with Crippen molar-refractivity contribution in [1.82, 2.24) is 0 Å². The van der Waals surface area contributed by atoms with Gasteiger partial charge in [-0.1, -0.05) is 37.3 Å². The molecule has 0 radical (unpaired) electrons. The van der Waals surface area contributed by atoms with Gasteiger partial charge in [0.05, 0.1) is 13.2 Å². The monoisotopic (exact) mass is 436 g/mol. The van der Waals surface area contributed by atoms with Gasteiger partial charge in [0.1, 0.15) is 13.4 Å². The fourth-order valence-corrected chi connectivity index (χ4v) is 6.96. The summed E-state index contributed by atoms with van der Waals surface area (Å²) in [7, 11) is 3.47. The zero-order chi connectivity index (χ0) is 22.1. The van der Waals surface area contributed by atoms with Crippen LogP contribution in [0.5, 0.6) is 11.5 Å². The summed E-state index contributed by atoms with van der Waals surface area (Å²) < 4.78 is 23.3. The smallest absolute Gasteiger partial charge is 0.161 e. The molecule has 0 aliphatic heterocycles. The molecule has 3 aliphatic rings. The Morgan fingerprint density at radius 3 is 2.59 bits per heavy atom. The van der Waals surface area contributed by atoms with Gasteiger partial charge >= 0.3 is 0 Å². The van der Waals surface area contributed by atoms with Crippen LogP contribution in [0.25, 0.3) is 0 Å². The third-order valence-corrected chi connectivity index (χ3v) is 8.55. The normalized spacial score (nSPS) is 30.8. The average Bonchev–Trinajstić information content (AvgIpc) is 3.17. The standard InChI is InChI=1S/C28H36O4/c1-28-14-13-21-22(24(28)11-12-27(28)32-18-29-2)10-9-20-15-26(25(30-3)16-23(20)21)31-17-19-7-5-4-6-8-19/h4-8,15-16,21-22,24,27H,9-14,17-18H2,1-3H3/t21-,22+,24-,27-,28-/m0/s1. The highest BCUT2D eigenvalue weighted by Crippen LogP contribution is 2.62. The molecule has 5 atom stereocenters. The van der Waals surface area contributed by atoms with Gasteiger partial charge in [0, 0.05) is 7.11 Å². The van der Waals surface area contributed by atoms with E-state index in [1.54, 1.807) is 14.2 Å². The Labute approximate surface area is 192 Å². The Morgan fingerprint density at radius 2 is 1.81 bits per heavy atom. The predicted octanol–water partition coefficient (Wildman–Crippen LogP) is 6.12. The van der Waals surface area contributed by atoms with Gasteiger partial charge in [-0.2, -0.15) is 0 Å². The Kier molecular flexibility index (Phi) is 6.18. The van der Waals surface area contributed by atoms with Crippen LogP contribution < -0.4 is 9.47 Å². The first-order valence-corrected chi connectivity index (χ1v) is 12.1. The van der Waals surface area contributed by atoms with Crippen molar-refractivity contribution in [1.29, 1.82) is 0 Å². The first-order chi connectivity index (χ1) is 15.6. The number of methoxy groups -OCH3 is 2. The molecule has 4 heteroatoms. The van der Waals surface area contributed by atoms with Crippen molar-refractivity contribution in [2.24, 2.45) is 17.3 Å². The summed E-state index contributed by atoms with van der Waals surface area (Å²) in [6, 6.07) is 14.9. The third kappa shape index (κ3) is 3.82. The minimum Gasteiger partial charge on any atom is -0.493 e. The number of benzene rings is 2. The van der Waals surface area contributed by atoms with Crippen LogP contribution in [-0.4, -0.2) is 27.1 Å². The lowest BCUT2D eigenvalue weighted by molar-refractivity contribution is -0.125. The van der Waals surface area contributed by atoms with Crippen LogP contribution in [0.15, 0.2) is 42.5 Å². The number of hydrogen-bond acceptors (Lipinski definition) is 4. The molecule has 0 heterocycles. The maximum Gasteiger partial charge on any atom is 0.161 e. The van der Waals surface area contributed by atoms with Gasteiger partial charge in [-0.25, -0.2) is 0 Å². The fraction of sp³-hybridized carbons (Fsp3) is 0.571. The van der Waals surface area contributed by atoms with Gasteiger partial charge in [0.15, 0.2) is 11.5 Å². The van der Waals surface area contributed by atoms with Gasteiger partial charge in [0.25, 0.3) is 0 Å². The lowest BCUT2D eigenvalue weighted by Gasteiger charge is -2.50. The Bertz CT molecular complexity index is 927. The van der Waals surface area contributed by atoms with E-state index in [-0.39, 0.29) is 5.41 Å². The molecule has 2 aromatic rings. The van der Waals surface area contributed by atoms with Crippen molar-refractivity contribution >= 4 is 0 Å². The van der Waals surface area contributed by atoms with Gasteiger partial charge in [-0.05, 0) is 90.5 Å². The molecule has 32 heavy (non-hydrogen) atoms. The highest BCUT2D eigenvalue weighted by Gasteiger charge is 2.55. The van der Waals surface area contributed by atoms with Crippen LogP contribution in [0.4, 0.5) is 0 Å². The summed E-state index contributed by atoms with van der Waals surface area (Å²) in [5.74, 6) is 3.81. The maximum absolute atomic E-state index is 6.20. The van der Waals surface area contributed by atoms with E-state index < -0.39 is 0 Å². The lowest BCUT2D eigenvalue weighted by atomic mass is 9.55. The van der Waals surface area contributed by atoms with E-state index in [0.29, 0.717) is 25.4 Å². The molecule has 0 saturated heterocycles. The summed E-state index contributed by atoms with van der Waals surface area (Å²) in [4.78, 5) is 0. The van der Waals surface area contributed by atoms with E-state index in [1.807, 2.05) is 18.2 Å². The minimum absolute atomic E-state index is 0.278. The van der Waals surface area contributed by atoms with Crippen LogP contribution >= 0.6 is 0 Å². The summed E-state index contributed by atoms with van der Waals surface area (Å²) in [5.41, 5.74) is 4.39. The van der Waals surface area contributed by atoms with Crippen molar-refractivity contribution < 1.29 is 18.9 Å². The van der Waals surface area contributed by atoms with E-state index in [9.17, 15) is 0 Å². The molecule has 2 fully saturated rings. The molecule has 4 nitrogen and oxygen atoms in total. The number of hydrogen-bond donors (Lipinski definition) is 0. The van der Waals surface area contributed by atoms with Crippen molar-refractivity contribution in [2.45, 2.75) is 64.1 Å². The van der Waals surface area contributed by atoms with Crippen molar-refractivity contribution in [3.05, 3.63) is 59.2 Å². The van der Waals surface area contributed by atoms with Crippen LogP contribution in [-0.2, 0) is 22.5 Å². The first-order valence-electron chi connectivity index (χ1n) is 12.1. The van der Waals surface area contributed by atoms with Gasteiger partial charge in [-0.15, -0.1) is 0 Å². The summed E-state index contributed by atoms with van der Waals surface area (Å²) >= 11 is 0. The molecule has 2 saturated carbocycles. The Morgan fingerprint density at radius 1 is 0.969 bits per heavy atom. The number of rotatable bonds is 7. The molecule has 0 unspecified atom stereocenters. The van der Waals surface area contributed by atoms with Crippen molar-refractivity contribution in [3.8, 4) is 11.5 Å². The van der Waals surface area contributed by atoms with Crippen LogP contribution in [0.1, 0.15) is 61.6 Å². The number of ether oxygens (including phenoxy) is 4. The molecule has 0 amide bonds. The van der Waals surface area contributed by atoms with E-state index in [1.165, 1.54) is 42.4 Å². The Hall–Kier alpha value is -2.04. The molecule has 5 rings (SSSR count). The van der Waals surface area contributed by atoms with E-state index in [4.69, 9.17) is 18.9 Å². The van der Waals surface area contributed by atoms with Crippen LogP contribution in [0, 0.1) is 17.3 Å². The van der Waals surface area contributed by atoms with Gasteiger partial charge in [-0.3, -0.25) is 0 Å². The SMILES string of the molecule is COCO[C@H]1CC[C@H]2[C@@H]3CCc4cc(OCc5ccccc5)c(OC)cc4[C@H]3CC[C@]12C. The topological polar surface area (TPSA) is 36.9 Å². The maximum atomic E-state index is 6.20. The van der Waals surface area contributed by atoms with Crippen molar-refractivity contribution in [3.63, 3.8) is 0 Å². The second-order valence-electron chi connectivity index (χ2n) is 10.1. The van der Waals surface area contributed by atoms with E-state index in [0.717, 1.165) is 36.2 Å². The second kappa shape index (κ2) is 9.07. The van der Waals surface area contributed by atoms with E-state index in [2.05, 4.69) is 31.2 Å². The lowest BCUT2D eigenvalue weighted by Crippen LogP contribution is -2.44. The molecule has 3 aliphatic carbocycles. The summed E-state index contributed by atoms with van der Waals surface area (Å²) in [6.07, 6.45) is 7.61. The van der Waals surface area contributed by atoms with Gasteiger partial charge < -0.3 is 18.9 Å². The number of fused-ring (bicyclic) bond motifs is 5. The highest BCUT2D eigenvalue weighted by molar-refractivity contribution is 5.50. The summed E-state index contributed by atoms with van der Waals surface area (Å²) in [6.45, 7) is 3.44.